The van der Waals surface area contributed by atoms with Gasteiger partial charge in [-0.1, -0.05) is 54.6 Å². The van der Waals surface area contributed by atoms with Gasteiger partial charge in [-0.15, -0.1) is 0 Å². The molecule has 3 heterocycles. The summed E-state index contributed by atoms with van der Waals surface area (Å²) in [6, 6.07) is 18.6. The van der Waals surface area contributed by atoms with Crippen LogP contribution in [0.25, 0.3) is 16.8 Å². The first kappa shape index (κ1) is 22.7. The molecule has 0 fully saturated rings. The molecule has 9 heteroatoms. The Hall–Kier alpha value is -4.13. The summed E-state index contributed by atoms with van der Waals surface area (Å²) < 4.78 is 27.4. The molecule has 0 saturated heterocycles. The van der Waals surface area contributed by atoms with Crippen molar-refractivity contribution < 1.29 is 9.18 Å². The van der Waals surface area contributed by atoms with Crippen LogP contribution in [0.4, 0.5) is 10.1 Å². The number of amides is 1. The Kier molecular flexibility index (Phi) is 5.99. The zero-order valence-electron chi connectivity index (χ0n) is 18.7. The lowest BCUT2D eigenvalue weighted by Crippen LogP contribution is -2.29. The number of nitrogens with one attached hydrogen (secondary N) is 3. The highest BCUT2D eigenvalue weighted by Gasteiger charge is 2.24. The van der Waals surface area contributed by atoms with Crippen LogP contribution < -0.4 is 10.0 Å². The lowest BCUT2D eigenvalue weighted by Gasteiger charge is -2.15. The summed E-state index contributed by atoms with van der Waals surface area (Å²) in [7, 11) is 0.680. The molecular formula is C26H21FN6OS. The van der Waals surface area contributed by atoms with E-state index in [9.17, 15) is 9.18 Å². The number of hydrogen-bond acceptors (Lipinski definition) is 4. The van der Waals surface area contributed by atoms with Crippen LogP contribution in [0.2, 0.25) is 0 Å². The van der Waals surface area contributed by atoms with Crippen LogP contribution in [-0.2, 0) is 24.3 Å². The maximum Gasteiger partial charge on any atom is 0.272 e. The van der Waals surface area contributed by atoms with E-state index >= 15 is 0 Å². The zero-order valence-corrected chi connectivity index (χ0v) is 19.6. The topological polar surface area (TPSA) is 107 Å². The van der Waals surface area contributed by atoms with E-state index in [0.717, 1.165) is 11.6 Å². The Balaban J connectivity index is 1.41. The van der Waals surface area contributed by atoms with Crippen LogP contribution in [0.15, 0.2) is 71.8 Å². The van der Waals surface area contributed by atoms with Gasteiger partial charge in [0.1, 0.15) is 17.5 Å². The molecule has 3 N–H and O–H groups in total. The van der Waals surface area contributed by atoms with Crippen molar-refractivity contribution in [1.29, 1.82) is 10.0 Å². The maximum atomic E-state index is 13.7. The number of nitrogens with zero attached hydrogens (tertiary/aromatic N) is 3. The van der Waals surface area contributed by atoms with Crippen LogP contribution in [0.3, 0.4) is 0 Å². The van der Waals surface area contributed by atoms with Crippen LogP contribution >= 0.6 is 0 Å². The lowest BCUT2D eigenvalue weighted by molar-refractivity contribution is 0.101. The molecule has 5 rings (SSSR count). The smallest absolute Gasteiger partial charge is 0.272 e. The van der Waals surface area contributed by atoms with Gasteiger partial charge < -0.3 is 9.88 Å². The van der Waals surface area contributed by atoms with Crippen molar-refractivity contribution >= 4 is 39.3 Å². The minimum Gasteiger partial charge on any atom is -0.345 e. The van der Waals surface area contributed by atoms with E-state index in [0.29, 0.717) is 22.6 Å². The Morgan fingerprint density at radius 3 is 2.86 bits per heavy atom. The molecule has 1 amide bonds. The predicted octanol–water partition coefficient (Wildman–Crippen LogP) is 4.72. The van der Waals surface area contributed by atoms with E-state index in [4.69, 9.17) is 10.0 Å². The number of benzene rings is 2. The summed E-state index contributed by atoms with van der Waals surface area (Å²) in [4.78, 5) is 17.3. The van der Waals surface area contributed by atoms with Crippen molar-refractivity contribution in [2.75, 3.05) is 5.32 Å². The van der Waals surface area contributed by atoms with Crippen LogP contribution in [0, 0.1) is 22.1 Å². The fourth-order valence-electron chi connectivity index (χ4n) is 4.24. The molecule has 35 heavy (non-hydrogen) atoms. The zero-order chi connectivity index (χ0) is 24.5. The molecule has 0 spiro atoms. The average Bonchev–Trinajstić information content (AvgIpc) is 3.10. The molecule has 0 saturated carbocycles. The minimum atomic E-state index is -1.05. The molecule has 2 atom stereocenters. The highest BCUT2D eigenvalue weighted by molar-refractivity contribution is 7.84. The quantitative estimate of drug-likeness (QED) is 0.365. The van der Waals surface area contributed by atoms with E-state index in [2.05, 4.69) is 45.4 Å². The number of carbonyl (C=O) groups excluding carboxylic acids is 1. The van der Waals surface area contributed by atoms with Crippen molar-refractivity contribution in [2.24, 2.45) is 7.05 Å². The number of carbonyl (C=O) groups is 1. The first-order chi connectivity index (χ1) is 16.9. The highest BCUT2D eigenvalue weighted by atomic mass is 32.2. The van der Waals surface area contributed by atoms with Gasteiger partial charge in [0.25, 0.3) is 5.91 Å². The number of halogens is 1. The SMILES string of the molecule is Cn1cc2c(c1C(=O)Nc1cc(F)nc(C#N)c1)C=CC(Cc1ccc3ccccc3c1)NS2=N. The van der Waals surface area contributed by atoms with Crippen molar-refractivity contribution in [3.8, 4) is 6.07 Å². The maximum absolute atomic E-state index is 13.7. The van der Waals surface area contributed by atoms with Crippen molar-refractivity contribution in [2.45, 2.75) is 17.4 Å². The fraction of sp³-hybridized carbons (Fsp3) is 0.115. The monoisotopic (exact) mass is 484 g/mol. The summed E-state index contributed by atoms with van der Waals surface area (Å²) in [6.07, 6.45) is 6.32. The third kappa shape index (κ3) is 4.62. The Morgan fingerprint density at radius 2 is 2.06 bits per heavy atom. The lowest BCUT2D eigenvalue weighted by atomic mass is 10.0. The number of nitriles is 1. The van der Waals surface area contributed by atoms with E-state index in [1.165, 1.54) is 16.8 Å². The summed E-state index contributed by atoms with van der Waals surface area (Å²) >= 11 is 0. The molecule has 174 valence electrons. The van der Waals surface area contributed by atoms with Gasteiger partial charge in [-0.3, -0.25) is 9.57 Å². The predicted molar refractivity (Wildman–Crippen MR) is 134 cm³/mol. The molecular weight excluding hydrogens is 463 g/mol. The van der Waals surface area contributed by atoms with E-state index in [-0.39, 0.29) is 17.4 Å². The normalized spacial score (nSPS) is 16.9. The summed E-state index contributed by atoms with van der Waals surface area (Å²) in [5, 5.41) is 14.0. The van der Waals surface area contributed by atoms with Gasteiger partial charge >= 0.3 is 0 Å². The second-order valence-electron chi connectivity index (χ2n) is 8.27. The largest absolute Gasteiger partial charge is 0.345 e. The van der Waals surface area contributed by atoms with Gasteiger partial charge in [0, 0.05) is 36.6 Å². The molecule has 0 radical (unpaired) electrons. The summed E-state index contributed by atoms with van der Waals surface area (Å²) in [5.74, 6) is -1.31. The number of aromatic nitrogens is 2. The van der Waals surface area contributed by atoms with Gasteiger partial charge in [0.2, 0.25) is 5.95 Å². The number of fused-ring (bicyclic) bond motifs is 2. The number of aryl methyl sites for hydroxylation is 1. The van der Waals surface area contributed by atoms with Gasteiger partial charge in [0.05, 0.1) is 4.90 Å². The standard InChI is InChI=1S/C26H21FN6OS/c1-33-15-23-22(25(33)26(34)31-20-12-21(14-28)30-24(27)13-20)9-8-19(32-35(23)29)11-16-6-7-17-4-2-3-5-18(17)10-16/h2-10,12-13,15,19H,11H2,1H3,(H2,29,32)(H,30,31,34). The van der Waals surface area contributed by atoms with Gasteiger partial charge in [-0.05, 0) is 39.7 Å². The second-order valence-corrected chi connectivity index (χ2v) is 9.56. The van der Waals surface area contributed by atoms with E-state index < -0.39 is 22.7 Å². The van der Waals surface area contributed by atoms with Gasteiger partial charge in [0.15, 0.2) is 0 Å². The minimum absolute atomic E-state index is 0.0851. The first-order valence-electron chi connectivity index (χ1n) is 10.9. The third-order valence-corrected chi connectivity index (χ3v) is 7.12. The van der Waals surface area contributed by atoms with E-state index in [1.54, 1.807) is 23.9 Å². The number of pyridine rings is 1. The van der Waals surface area contributed by atoms with Crippen molar-refractivity contribution in [1.82, 2.24) is 14.3 Å². The van der Waals surface area contributed by atoms with Gasteiger partial charge in [-0.2, -0.15) is 9.65 Å². The Bertz CT molecular complexity index is 1570. The molecule has 2 unspecified atom stereocenters. The van der Waals surface area contributed by atoms with Gasteiger partial charge in [-0.25, -0.2) is 9.71 Å². The van der Waals surface area contributed by atoms with Crippen molar-refractivity contribution in [3.05, 3.63) is 95.3 Å². The number of hydrogen-bond donors (Lipinski definition) is 3. The third-order valence-electron chi connectivity index (χ3n) is 5.82. The van der Waals surface area contributed by atoms with E-state index in [1.807, 2.05) is 24.3 Å². The molecule has 1 aliphatic heterocycles. The molecule has 2 aromatic carbocycles. The number of anilines is 1. The van der Waals surface area contributed by atoms with Crippen LogP contribution in [0.1, 0.15) is 27.3 Å². The Labute approximate surface area is 203 Å². The molecule has 4 aromatic rings. The summed E-state index contributed by atoms with van der Waals surface area (Å²) in [5.41, 5.74) is 2.17. The number of rotatable bonds is 4. The van der Waals surface area contributed by atoms with Crippen LogP contribution in [0.5, 0.6) is 0 Å². The summed E-state index contributed by atoms with van der Waals surface area (Å²) in [6.45, 7) is 0. The average molecular weight is 485 g/mol. The molecule has 1 aliphatic rings. The second kappa shape index (κ2) is 9.25. The Morgan fingerprint density at radius 1 is 1.26 bits per heavy atom. The highest BCUT2D eigenvalue weighted by Crippen LogP contribution is 2.27. The molecule has 2 aromatic heterocycles. The molecule has 0 bridgehead atoms. The molecule has 7 nitrogen and oxygen atoms in total. The molecule has 0 aliphatic carbocycles. The van der Waals surface area contributed by atoms with Crippen molar-refractivity contribution in [3.63, 3.8) is 0 Å². The fourth-order valence-corrected chi connectivity index (χ4v) is 5.48. The van der Waals surface area contributed by atoms with Crippen LogP contribution in [-0.4, -0.2) is 21.5 Å². The first-order valence-corrected chi connectivity index (χ1v) is 12.1.